The fourth-order valence-corrected chi connectivity index (χ4v) is 2.39. The van der Waals surface area contributed by atoms with Crippen molar-refractivity contribution in [3.05, 3.63) is 34.9 Å². The minimum Gasteiger partial charge on any atom is -0.355 e. The smallest absolute Gasteiger partial charge is 0.234 e. The van der Waals surface area contributed by atoms with Crippen molar-refractivity contribution in [3.8, 4) is 0 Å². The maximum atomic E-state index is 11.9. The summed E-state index contributed by atoms with van der Waals surface area (Å²) < 4.78 is 0. The SMILES string of the molecule is CN(C)CCCNC(=O)C(Br)Cc1ccccc1Cl. The monoisotopic (exact) mass is 346 g/mol. The Labute approximate surface area is 128 Å². The van der Waals surface area contributed by atoms with Crippen LogP contribution in [0, 0.1) is 0 Å². The topological polar surface area (TPSA) is 32.3 Å². The molecule has 1 unspecified atom stereocenters. The van der Waals surface area contributed by atoms with Gasteiger partial charge in [-0.2, -0.15) is 0 Å². The molecule has 0 saturated heterocycles. The van der Waals surface area contributed by atoms with E-state index >= 15 is 0 Å². The van der Waals surface area contributed by atoms with E-state index in [1.165, 1.54) is 0 Å². The number of nitrogens with one attached hydrogen (secondary N) is 1. The minimum atomic E-state index is -0.244. The first-order chi connectivity index (χ1) is 9.00. The van der Waals surface area contributed by atoms with E-state index in [0.29, 0.717) is 18.0 Å². The van der Waals surface area contributed by atoms with E-state index in [1.54, 1.807) is 0 Å². The molecule has 1 aromatic carbocycles. The summed E-state index contributed by atoms with van der Waals surface area (Å²) in [6.45, 7) is 1.67. The Bertz CT molecular complexity index is 412. The van der Waals surface area contributed by atoms with E-state index in [4.69, 9.17) is 11.6 Å². The highest BCUT2D eigenvalue weighted by molar-refractivity contribution is 9.10. The molecular formula is C14H20BrClN2O. The lowest BCUT2D eigenvalue weighted by atomic mass is 10.1. The lowest BCUT2D eigenvalue weighted by molar-refractivity contribution is -0.120. The van der Waals surface area contributed by atoms with Gasteiger partial charge < -0.3 is 10.2 Å². The van der Waals surface area contributed by atoms with E-state index in [-0.39, 0.29) is 10.7 Å². The number of nitrogens with zero attached hydrogens (tertiary/aromatic N) is 1. The molecule has 1 atom stereocenters. The average Bonchev–Trinajstić information content (AvgIpc) is 2.36. The van der Waals surface area contributed by atoms with Crippen molar-refractivity contribution in [2.24, 2.45) is 0 Å². The second-order valence-corrected chi connectivity index (χ2v) is 6.22. The van der Waals surface area contributed by atoms with Crippen LogP contribution in [0.1, 0.15) is 12.0 Å². The summed E-state index contributed by atoms with van der Waals surface area (Å²) in [4.78, 5) is 13.7. The third kappa shape index (κ3) is 6.41. The normalized spacial score (nSPS) is 12.5. The highest BCUT2D eigenvalue weighted by atomic mass is 79.9. The fourth-order valence-electron chi connectivity index (χ4n) is 1.67. The first kappa shape index (κ1) is 16.5. The molecule has 19 heavy (non-hydrogen) atoms. The molecule has 1 amide bonds. The highest BCUT2D eigenvalue weighted by Gasteiger charge is 2.16. The van der Waals surface area contributed by atoms with Gasteiger partial charge in [0.25, 0.3) is 0 Å². The van der Waals surface area contributed by atoms with Crippen molar-refractivity contribution in [2.75, 3.05) is 27.2 Å². The Morgan fingerprint density at radius 2 is 2.11 bits per heavy atom. The molecule has 1 rings (SSSR count). The van der Waals surface area contributed by atoms with Crippen LogP contribution in [-0.4, -0.2) is 42.8 Å². The molecule has 0 aromatic heterocycles. The zero-order valence-corrected chi connectivity index (χ0v) is 13.7. The molecule has 1 aromatic rings. The highest BCUT2D eigenvalue weighted by Crippen LogP contribution is 2.19. The number of carbonyl (C=O) groups is 1. The molecule has 0 aliphatic heterocycles. The van der Waals surface area contributed by atoms with Gasteiger partial charge in [-0.05, 0) is 45.1 Å². The first-order valence-electron chi connectivity index (χ1n) is 6.30. The standard InChI is InChI=1S/C14H20BrClN2O/c1-18(2)9-5-8-17-14(19)12(15)10-11-6-3-4-7-13(11)16/h3-4,6-7,12H,5,8-10H2,1-2H3,(H,17,19). The van der Waals surface area contributed by atoms with Gasteiger partial charge in [0.15, 0.2) is 0 Å². The largest absolute Gasteiger partial charge is 0.355 e. The Morgan fingerprint density at radius 1 is 1.42 bits per heavy atom. The minimum absolute atomic E-state index is 0.0127. The maximum Gasteiger partial charge on any atom is 0.234 e. The van der Waals surface area contributed by atoms with Crippen molar-refractivity contribution >= 4 is 33.4 Å². The van der Waals surface area contributed by atoms with Gasteiger partial charge in [-0.15, -0.1) is 0 Å². The molecule has 3 nitrogen and oxygen atoms in total. The molecule has 0 bridgehead atoms. The molecule has 0 aliphatic carbocycles. The van der Waals surface area contributed by atoms with Gasteiger partial charge >= 0.3 is 0 Å². The molecule has 0 heterocycles. The van der Waals surface area contributed by atoms with Crippen LogP contribution >= 0.6 is 27.5 Å². The number of benzene rings is 1. The van der Waals surface area contributed by atoms with E-state index in [0.717, 1.165) is 18.5 Å². The zero-order valence-electron chi connectivity index (χ0n) is 11.3. The van der Waals surface area contributed by atoms with E-state index in [2.05, 4.69) is 26.1 Å². The van der Waals surface area contributed by atoms with Gasteiger partial charge in [-0.3, -0.25) is 4.79 Å². The average molecular weight is 348 g/mol. The van der Waals surface area contributed by atoms with Crippen molar-refractivity contribution in [1.82, 2.24) is 10.2 Å². The molecular weight excluding hydrogens is 328 g/mol. The van der Waals surface area contributed by atoms with Gasteiger partial charge in [-0.25, -0.2) is 0 Å². The van der Waals surface area contributed by atoms with Gasteiger partial charge in [-0.1, -0.05) is 45.7 Å². The van der Waals surface area contributed by atoms with Crippen LogP contribution in [0.5, 0.6) is 0 Å². The molecule has 5 heteroatoms. The summed E-state index contributed by atoms with van der Waals surface area (Å²) in [5.41, 5.74) is 0.981. The summed E-state index contributed by atoms with van der Waals surface area (Å²) in [5, 5.41) is 3.62. The quantitative estimate of drug-likeness (QED) is 0.607. The summed E-state index contributed by atoms with van der Waals surface area (Å²) in [6, 6.07) is 7.59. The Morgan fingerprint density at radius 3 is 2.74 bits per heavy atom. The van der Waals surface area contributed by atoms with Crippen molar-refractivity contribution < 1.29 is 4.79 Å². The van der Waals surface area contributed by atoms with Gasteiger partial charge in [0.1, 0.15) is 0 Å². The molecule has 0 spiro atoms. The molecule has 0 aliphatic rings. The Hall–Kier alpha value is -0.580. The number of hydrogen-bond donors (Lipinski definition) is 1. The van der Waals surface area contributed by atoms with Crippen LogP contribution in [0.2, 0.25) is 5.02 Å². The van der Waals surface area contributed by atoms with Crippen LogP contribution in [0.15, 0.2) is 24.3 Å². The molecule has 1 N–H and O–H groups in total. The number of carbonyl (C=O) groups excluding carboxylic acids is 1. The zero-order chi connectivity index (χ0) is 14.3. The van der Waals surface area contributed by atoms with Crippen LogP contribution < -0.4 is 5.32 Å². The molecule has 0 radical (unpaired) electrons. The van der Waals surface area contributed by atoms with Crippen molar-refractivity contribution in [1.29, 1.82) is 0 Å². The number of rotatable bonds is 7. The second kappa shape index (κ2) is 8.56. The summed E-state index contributed by atoms with van der Waals surface area (Å²) in [6.07, 6.45) is 1.55. The lowest BCUT2D eigenvalue weighted by Gasteiger charge is -2.13. The summed E-state index contributed by atoms with van der Waals surface area (Å²) in [7, 11) is 4.04. The van der Waals surface area contributed by atoms with Gasteiger partial charge in [0.05, 0.1) is 4.83 Å². The lowest BCUT2D eigenvalue weighted by Crippen LogP contribution is -2.34. The number of hydrogen-bond acceptors (Lipinski definition) is 2. The predicted molar refractivity (Wildman–Crippen MR) is 84.1 cm³/mol. The summed E-state index contributed by atoms with van der Waals surface area (Å²) >= 11 is 9.49. The fraction of sp³-hybridized carbons (Fsp3) is 0.500. The molecule has 106 valence electrons. The predicted octanol–water partition coefficient (Wildman–Crippen LogP) is 2.71. The van der Waals surface area contributed by atoms with Crippen molar-refractivity contribution in [2.45, 2.75) is 17.7 Å². The van der Waals surface area contributed by atoms with Gasteiger partial charge in [0, 0.05) is 11.6 Å². The molecule has 0 fully saturated rings. The van der Waals surface area contributed by atoms with Crippen LogP contribution in [0.3, 0.4) is 0 Å². The first-order valence-corrected chi connectivity index (χ1v) is 7.60. The summed E-state index contributed by atoms with van der Waals surface area (Å²) in [5.74, 6) is 0.0127. The Kier molecular flexibility index (Phi) is 7.42. The number of amides is 1. The van der Waals surface area contributed by atoms with Crippen LogP contribution in [-0.2, 0) is 11.2 Å². The number of alkyl halides is 1. The van der Waals surface area contributed by atoms with E-state index < -0.39 is 0 Å². The third-order valence-corrected chi connectivity index (χ3v) is 3.83. The van der Waals surface area contributed by atoms with Gasteiger partial charge in [0.2, 0.25) is 5.91 Å². The van der Waals surface area contributed by atoms with E-state index in [1.807, 2.05) is 38.4 Å². The van der Waals surface area contributed by atoms with Crippen molar-refractivity contribution in [3.63, 3.8) is 0 Å². The third-order valence-electron chi connectivity index (χ3n) is 2.72. The maximum absolute atomic E-state index is 11.9. The van der Waals surface area contributed by atoms with Crippen LogP contribution in [0.4, 0.5) is 0 Å². The molecule has 0 saturated carbocycles. The van der Waals surface area contributed by atoms with E-state index in [9.17, 15) is 4.79 Å². The second-order valence-electron chi connectivity index (χ2n) is 4.71. The number of halogens is 2. The van der Waals surface area contributed by atoms with Crippen LogP contribution in [0.25, 0.3) is 0 Å². The Balaban J connectivity index is 2.35.